The van der Waals surface area contributed by atoms with Gasteiger partial charge < -0.3 is 15.4 Å². The molecular formula is C15H28N2O2. The van der Waals surface area contributed by atoms with Crippen molar-refractivity contribution >= 4 is 6.09 Å². The summed E-state index contributed by atoms with van der Waals surface area (Å²) in [6.07, 6.45) is 7.21. The van der Waals surface area contributed by atoms with E-state index < -0.39 is 5.60 Å². The minimum atomic E-state index is -0.429. The summed E-state index contributed by atoms with van der Waals surface area (Å²) in [6.45, 7) is 7.14. The zero-order valence-corrected chi connectivity index (χ0v) is 12.6. The highest BCUT2D eigenvalue weighted by atomic mass is 16.6. The van der Waals surface area contributed by atoms with Gasteiger partial charge in [-0.25, -0.2) is 4.79 Å². The SMILES string of the molecule is CC(C)(C)OC(=O)N1CCC2(CCCCC2)C(N)C1. The average molecular weight is 268 g/mol. The van der Waals surface area contributed by atoms with E-state index in [4.69, 9.17) is 10.5 Å². The Kier molecular flexibility index (Phi) is 4.09. The summed E-state index contributed by atoms with van der Waals surface area (Å²) in [7, 11) is 0. The molecule has 110 valence electrons. The van der Waals surface area contributed by atoms with Crippen LogP contribution in [0.4, 0.5) is 4.79 Å². The second-order valence-corrected chi connectivity index (χ2v) is 7.21. The van der Waals surface area contributed by atoms with Crippen molar-refractivity contribution in [3.63, 3.8) is 0 Å². The lowest BCUT2D eigenvalue weighted by molar-refractivity contribution is -0.00283. The van der Waals surface area contributed by atoms with E-state index in [1.54, 1.807) is 4.90 Å². The number of nitrogens with zero attached hydrogens (tertiary/aromatic N) is 1. The number of carbonyl (C=O) groups is 1. The lowest BCUT2D eigenvalue weighted by atomic mass is 9.65. The molecule has 2 rings (SSSR count). The lowest BCUT2D eigenvalue weighted by Gasteiger charge is -2.48. The minimum Gasteiger partial charge on any atom is -0.444 e. The summed E-state index contributed by atoms with van der Waals surface area (Å²) in [5.74, 6) is 0. The second kappa shape index (κ2) is 5.31. The normalized spacial score (nSPS) is 27.4. The summed E-state index contributed by atoms with van der Waals surface area (Å²) in [5.41, 5.74) is 6.25. The first kappa shape index (κ1) is 14.6. The molecule has 0 aromatic heterocycles. The van der Waals surface area contributed by atoms with Crippen LogP contribution in [0.1, 0.15) is 59.3 Å². The van der Waals surface area contributed by atoms with Gasteiger partial charge in [-0.1, -0.05) is 19.3 Å². The molecule has 1 atom stereocenters. The maximum Gasteiger partial charge on any atom is 0.410 e. The highest BCUT2D eigenvalue weighted by Crippen LogP contribution is 2.44. The van der Waals surface area contributed by atoms with Crippen LogP contribution in [-0.4, -0.2) is 35.7 Å². The Balaban J connectivity index is 1.94. The molecule has 2 aliphatic rings. The van der Waals surface area contributed by atoms with Crippen LogP contribution in [0.15, 0.2) is 0 Å². The Hall–Kier alpha value is -0.770. The van der Waals surface area contributed by atoms with Crippen molar-refractivity contribution in [1.82, 2.24) is 4.90 Å². The first-order valence-electron chi connectivity index (χ1n) is 7.56. The lowest BCUT2D eigenvalue weighted by Crippen LogP contribution is -2.57. The number of likely N-dealkylation sites (tertiary alicyclic amines) is 1. The van der Waals surface area contributed by atoms with Crippen molar-refractivity contribution in [3.8, 4) is 0 Å². The first-order valence-corrected chi connectivity index (χ1v) is 7.56. The number of rotatable bonds is 0. The van der Waals surface area contributed by atoms with Crippen LogP contribution in [0, 0.1) is 5.41 Å². The van der Waals surface area contributed by atoms with Gasteiger partial charge in [0.1, 0.15) is 5.60 Å². The molecule has 4 heteroatoms. The summed E-state index contributed by atoms with van der Waals surface area (Å²) >= 11 is 0. The predicted molar refractivity (Wildman–Crippen MR) is 75.9 cm³/mol. The third-order valence-electron chi connectivity index (χ3n) is 4.58. The van der Waals surface area contributed by atoms with Gasteiger partial charge in [0, 0.05) is 19.1 Å². The van der Waals surface area contributed by atoms with Crippen LogP contribution in [-0.2, 0) is 4.74 Å². The number of hydrogen-bond acceptors (Lipinski definition) is 3. The Morgan fingerprint density at radius 1 is 1.21 bits per heavy atom. The van der Waals surface area contributed by atoms with E-state index in [0.717, 1.165) is 13.0 Å². The number of carbonyl (C=O) groups excluding carboxylic acids is 1. The van der Waals surface area contributed by atoms with Crippen LogP contribution < -0.4 is 5.73 Å². The molecule has 1 heterocycles. The topological polar surface area (TPSA) is 55.6 Å². The molecule has 1 spiro atoms. The molecule has 0 bridgehead atoms. The number of hydrogen-bond donors (Lipinski definition) is 1. The minimum absolute atomic E-state index is 0.106. The van der Waals surface area contributed by atoms with Crippen LogP contribution >= 0.6 is 0 Å². The van der Waals surface area contributed by atoms with E-state index in [0.29, 0.717) is 6.54 Å². The molecular weight excluding hydrogens is 240 g/mol. The highest BCUT2D eigenvalue weighted by Gasteiger charge is 2.43. The number of amides is 1. The summed E-state index contributed by atoms with van der Waals surface area (Å²) in [6, 6.07) is 0.106. The molecule has 0 aromatic rings. The molecule has 2 N–H and O–H groups in total. The molecule has 4 nitrogen and oxygen atoms in total. The molecule has 0 aromatic carbocycles. The molecule has 1 amide bonds. The van der Waals surface area contributed by atoms with E-state index in [1.165, 1.54) is 32.1 Å². The molecule has 1 unspecified atom stereocenters. The predicted octanol–water partition coefficient (Wildman–Crippen LogP) is 2.91. The number of nitrogens with two attached hydrogens (primary N) is 1. The number of ether oxygens (including phenoxy) is 1. The zero-order valence-electron chi connectivity index (χ0n) is 12.6. The van der Waals surface area contributed by atoms with Gasteiger partial charge in [-0.15, -0.1) is 0 Å². The fourth-order valence-electron chi connectivity index (χ4n) is 3.43. The van der Waals surface area contributed by atoms with Gasteiger partial charge in [0.25, 0.3) is 0 Å². The van der Waals surface area contributed by atoms with Gasteiger partial charge in [0.05, 0.1) is 0 Å². The van der Waals surface area contributed by atoms with Crippen molar-refractivity contribution in [2.75, 3.05) is 13.1 Å². The fraction of sp³-hybridized carbons (Fsp3) is 0.933. The van der Waals surface area contributed by atoms with Gasteiger partial charge in [-0.3, -0.25) is 0 Å². The summed E-state index contributed by atoms with van der Waals surface area (Å²) in [4.78, 5) is 13.9. The van der Waals surface area contributed by atoms with E-state index in [-0.39, 0.29) is 17.6 Å². The molecule has 19 heavy (non-hydrogen) atoms. The largest absolute Gasteiger partial charge is 0.444 e. The van der Waals surface area contributed by atoms with E-state index >= 15 is 0 Å². The van der Waals surface area contributed by atoms with E-state index in [2.05, 4.69) is 0 Å². The Bertz CT molecular complexity index is 330. The van der Waals surface area contributed by atoms with E-state index in [9.17, 15) is 4.79 Å². The van der Waals surface area contributed by atoms with Gasteiger partial charge in [0.2, 0.25) is 0 Å². The van der Waals surface area contributed by atoms with Gasteiger partial charge in [-0.2, -0.15) is 0 Å². The van der Waals surface area contributed by atoms with Gasteiger partial charge in [0.15, 0.2) is 0 Å². The summed E-state index contributed by atoms with van der Waals surface area (Å²) < 4.78 is 5.43. The fourth-order valence-corrected chi connectivity index (χ4v) is 3.43. The molecule has 1 aliphatic carbocycles. The third-order valence-corrected chi connectivity index (χ3v) is 4.58. The first-order chi connectivity index (χ1) is 8.82. The van der Waals surface area contributed by atoms with Gasteiger partial charge >= 0.3 is 6.09 Å². The van der Waals surface area contributed by atoms with Crippen LogP contribution in [0.3, 0.4) is 0 Å². The van der Waals surface area contributed by atoms with E-state index in [1.807, 2.05) is 20.8 Å². The van der Waals surface area contributed by atoms with Crippen molar-refractivity contribution in [1.29, 1.82) is 0 Å². The van der Waals surface area contributed by atoms with Crippen LogP contribution in [0.5, 0.6) is 0 Å². The number of piperidine rings is 1. The standard InChI is InChI=1S/C15H28N2O2/c1-14(2,3)19-13(18)17-10-9-15(12(16)11-17)7-5-4-6-8-15/h12H,4-11,16H2,1-3H3. The summed E-state index contributed by atoms with van der Waals surface area (Å²) in [5, 5.41) is 0. The molecule has 0 radical (unpaired) electrons. The third kappa shape index (κ3) is 3.41. The second-order valence-electron chi connectivity index (χ2n) is 7.21. The highest BCUT2D eigenvalue weighted by molar-refractivity contribution is 5.68. The van der Waals surface area contributed by atoms with Gasteiger partial charge in [-0.05, 0) is 45.4 Å². The average Bonchev–Trinajstić information content (AvgIpc) is 2.32. The molecule has 1 saturated heterocycles. The molecule has 1 aliphatic heterocycles. The van der Waals surface area contributed by atoms with Crippen molar-refractivity contribution < 1.29 is 9.53 Å². The van der Waals surface area contributed by atoms with Crippen molar-refractivity contribution in [2.24, 2.45) is 11.1 Å². The molecule has 2 fully saturated rings. The van der Waals surface area contributed by atoms with Crippen LogP contribution in [0.2, 0.25) is 0 Å². The van der Waals surface area contributed by atoms with Crippen LogP contribution in [0.25, 0.3) is 0 Å². The molecule has 1 saturated carbocycles. The Labute approximate surface area is 116 Å². The quantitative estimate of drug-likeness (QED) is 0.735. The smallest absolute Gasteiger partial charge is 0.410 e. The maximum absolute atomic E-state index is 12.1. The monoisotopic (exact) mass is 268 g/mol. The zero-order chi connectivity index (χ0) is 14.1. The maximum atomic E-state index is 12.1. The Morgan fingerprint density at radius 3 is 2.37 bits per heavy atom. The van der Waals surface area contributed by atoms with Crippen molar-refractivity contribution in [3.05, 3.63) is 0 Å². The van der Waals surface area contributed by atoms with Crippen molar-refractivity contribution in [2.45, 2.75) is 70.9 Å². The Morgan fingerprint density at radius 2 is 1.84 bits per heavy atom.